The molecule has 2 aliphatic rings. The van der Waals surface area contributed by atoms with Crippen LogP contribution in [-0.2, 0) is 16.0 Å². The zero-order valence-electron chi connectivity index (χ0n) is 11.2. The van der Waals surface area contributed by atoms with Gasteiger partial charge in [-0.1, -0.05) is 12.1 Å². The summed E-state index contributed by atoms with van der Waals surface area (Å²) in [5.74, 6) is 0.0901. The molecule has 1 saturated heterocycles. The van der Waals surface area contributed by atoms with Gasteiger partial charge in [0.15, 0.2) is 0 Å². The van der Waals surface area contributed by atoms with E-state index in [1.165, 1.54) is 12.0 Å². The molecule has 0 spiro atoms. The molecule has 3 rings (SSSR count). The van der Waals surface area contributed by atoms with E-state index in [9.17, 15) is 4.79 Å². The van der Waals surface area contributed by atoms with E-state index in [-0.39, 0.29) is 5.91 Å². The number of hydrogen-bond acceptors (Lipinski definition) is 3. The Morgan fingerprint density at radius 2 is 2.42 bits per heavy atom. The SMILES string of the molecule is CNC(CC1CCCO1)c1ccc2c(c1)CC(=O)N2. The van der Waals surface area contributed by atoms with E-state index in [0.29, 0.717) is 18.6 Å². The number of rotatable bonds is 4. The first-order chi connectivity index (χ1) is 9.26. The first-order valence-corrected chi connectivity index (χ1v) is 6.98. The Balaban J connectivity index is 1.76. The van der Waals surface area contributed by atoms with Crippen molar-refractivity contribution in [2.24, 2.45) is 0 Å². The number of benzene rings is 1. The minimum absolute atomic E-state index is 0.0901. The standard InChI is InChI=1S/C15H20N2O2/c1-16-14(9-12-3-2-6-19-12)10-4-5-13-11(7-10)8-15(18)17-13/h4-5,7,12,14,16H,2-3,6,8-9H2,1H3,(H,17,18). The van der Waals surface area contributed by atoms with Gasteiger partial charge in [-0.05, 0) is 43.5 Å². The van der Waals surface area contributed by atoms with Gasteiger partial charge in [0.05, 0.1) is 12.5 Å². The van der Waals surface area contributed by atoms with Crippen LogP contribution in [0.4, 0.5) is 5.69 Å². The van der Waals surface area contributed by atoms with E-state index in [0.717, 1.165) is 30.7 Å². The average molecular weight is 260 g/mol. The van der Waals surface area contributed by atoms with Crippen LogP contribution in [0.25, 0.3) is 0 Å². The highest BCUT2D eigenvalue weighted by Gasteiger charge is 2.23. The fourth-order valence-electron chi connectivity index (χ4n) is 2.98. The van der Waals surface area contributed by atoms with Gasteiger partial charge in [0.2, 0.25) is 5.91 Å². The molecule has 0 aromatic heterocycles. The maximum atomic E-state index is 11.4. The molecule has 2 atom stereocenters. The van der Waals surface area contributed by atoms with Crippen molar-refractivity contribution >= 4 is 11.6 Å². The average Bonchev–Trinajstić information content (AvgIpc) is 3.02. The van der Waals surface area contributed by atoms with Crippen molar-refractivity contribution in [1.82, 2.24) is 5.32 Å². The van der Waals surface area contributed by atoms with E-state index in [4.69, 9.17) is 4.74 Å². The molecule has 0 saturated carbocycles. The Morgan fingerprint density at radius 1 is 1.53 bits per heavy atom. The molecule has 1 aromatic rings. The van der Waals surface area contributed by atoms with Crippen LogP contribution in [0.15, 0.2) is 18.2 Å². The molecule has 102 valence electrons. The van der Waals surface area contributed by atoms with Gasteiger partial charge in [-0.3, -0.25) is 4.79 Å². The summed E-state index contributed by atoms with van der Waals surface area (Å²) in [6, 6.07) is 6.54. The highest BCUT2D eigenvalue weighted by Crippen LogP contribution is 2.30. The summed E-state index contributed by atoms with van der Waals surface area (Å²) in [5, 5.41) is 6.23. The first-order valence-electron chi connectivity index (χ1n) is 6.98. The van der Waals surface area contributed by atoms with Crippen LogP contribution in [0.5, 0.6) is 0 Å². The predicted molar refractivity (Wildman–Crippen MR) is 74.2 cm³/mol. The van der Waals surface area contributed by atoms with Gasteiger partial charge in [0.1, 0.15) is 0 Å². The van der Waals surface area contributed by atoms with Crippen LogP contribution in [0.1, 0.15) is 36.4 Å². The zero-order valence-corrected chi connectivity index (χ0v) is 11.2. The monoisotopic (exact) mass is 260 g/mol. The minimum Gasteiger partial charge on any atom is -0.378 e. The molecule has 0 bridgehead atoms. The smallest absolute Gasteiger partial charge is 0.228 e. The molecular formula is C15H20N2O2. The molecule has 0 aliphatic carbocycles. The highest BCUT2D eigenvalue weighted by atomic mass is 16.5. The van der Waals surface area contributed by atoms with Crippen LogP contribution < -0.4 is 10.6 Å². The van der Waals surface area contributed by atoms with Crippen LogP contribution in [0, 0.1) is 0 Å². The summed E-state index contributed by atoms with van der Waals surface area (Å²) >= 11 is 0. The van der Waals surface area contributed by atoms with Crippen molar-refractivity contribution in [2.75, 3.05) is 19.0 Å². The van der Waals surface area contributed by atoms with Crippen molar-refractivity contribution < 1.29 is 9.53 Å². The molecule has 1 fully saturated rings. The van der Waals surface area contributed by atoms with E-state index in [2.05, 4.69) is 22.8 Å². The Labute approximate surface area is 113 Å². The minimum atomic E-state index is 0.0901. The number of carbonyl (C=O) groups is 1. The molecule has 4 heteroatoms. The van der Waals surface area contributed by atoms with Crippen LogP contribution in [0.3, 0.4) is 0 Å². The third-order valence-corrected chi connectivity index (χ3v) is 4.03. The highest BCUT2D eigenvalue weighted by molar-refractivity contribution is 5.99. The number of nitrogens with one attached hydrogen (secondary N) is 2. The quantitative estimate of drug-likeness (QED) is 0.870. The van der Waals surface area contributed by atoms with Crippen molar-refractivity contribution in [1.29, 1.82) is 0 Å². The van der Waals surface area contributed by atoms with E-state index in [1.54, 1.807) is 0 Å². The van der Waals surface area contributed by atoms with Crippen LogP contribution in [0.2, 0.25) is 0 Å². The molecule has 1 aromatic carbocycles. The van der Waals surface area contributed by atoms with Crippen molar-refractivity contribution in [2.45, 2.75) is 37.8 Å². The van der Waals surface area contributed by atoms with E-state index < -0.39 is 0 Å². The molecule has 1 amide bonds. The van der Waals surface area contributed by atoms with Gasteiger partial charge >= 0.3 is 0 Å². The van der Waals surface area contributed by atoms with Crippen LogP contribution in [-0.4, -0.2) is 25.7 Å². The molecule has 2 aliphatic heterocycles. The zero-order chi connectivity index (χ0) is 13.2. The lowest BCUT2D eigenvalue weighted by molar-refractivity contribution is -0.115. The molecule has 19 heavy (non-hydrogen) atoms. The summed E-state index contributed by atoms with van der Waals surface area (Å²) < 4.78 is 5.71. The molecule has 4 nitrogen and oxygen atoms in total. The maximum Gasteiger partial charge on any atom is 0.228 e. The largest absolute Gasteiger partial charge is 0.378 e. The number of hydrogen-bond donors (Lipinski definition) is 2. The second-order valence-corrected chi connectivity index (χ2v) is 5.35. The van der Waals surface area contributed by atoms with Crippen LogP contribution >= 0.6 is 0 Å². The lowest BCUT2D eigenvalue weighted by Gasteiger charge is -2.20. The van der Waals surface area contributed by atoms with Crippen molar-refractivity contribution in [3.63, 3.8) is 0 Å². The molecular weight excluding hydrogens is 240 g/mol. The summed E-state index contributed by atoms with van der Waals surface area (Å²) in [6.45, 7) is 0.893. The fraction of sp³-hybridized carbons (Fsp3) is 0.533. The molecule has 2 N–H and O–H groups in total. The van der Waals surface area contributed by atoms with E-state index >= 15 is 0 Å². The molecule has 0 radical (unpaired) electrons. The summed E-state index contributed by atoms with van der Waals surface area (Å²) in [5.41, 5.74) is 3.31. The lowest BCUT2D eigenvalue weighted by Crippen LogP contribution is -2.22. The van der Waals surface area contributed by atoms with Gasteiger partial charge in [-0.25, -0.2) is 0 Å². The number of anilines is 1. The lowest BCUT2D eigenvalue weighted by atomic mass is 9.97. The van der Waals surface area contributed by atoms with E-state index in [1.807, 2.05) is 13.1 Å². The fourth-order valence-corrected chi connectivity index (χ4v) is 2.98. The van der Waals surface area contributed by atoms with Gasteiger partial charge < -0.3 is 15.4 Å². The number of carbonyl (C=O) groups excluding carboxylic acids is 1. The third-order valence-electron chi connectivity index (χ3n) is 4.03. The van der Waals surface area contributed by atoms with Crippen molar-refractivity contribution in [3.05, 3.63) is 29.3 Å². The van der Waals surface area contributed by atoms with Gasteiger partial charge in [0.25, 0.3) is 0 Å². The Bertz CT molecular complexity index is 481. The number of amides is 1. The predicted octanol–water partition coefficient (Wildman–Crippen LogP) is 2.01. The maximum absolute atomic E-state index is 11.4. The second kappa shape index (κ2) is 5.31. The summed E-state index contributed by atoms with van der Waals surface area (Å²) in [4.78, 5) is 11.4. The Morgan fingerprint density at radius 3 is 3.16 bits per heavy atom. The summed E-state index contributed by atoms with van der Waals surface area (Å²) in [6.07, 6.45) is 4.19. The molecule has 2 heterocycles. The topological polar surface area (TPSA) is 50.4 Å². The first kappa shape index (κ1) is 12.6. The molecule has 2 unspecified atom stereocenters. The Hall–Kier alpha value is -1.39. The summed E-state index contributed by atoms with van der Waals surface area (Å²) in [7, 11) is 1.98. The van der Waals surface area contributed by atoms with Gasteiger partial charge in [-0.2, -0.15) is 0 Å². The normalized spacial score (nSPS) is 23.2. The van der Waals surface area contributed by atoms with Crippen molar-refractivity contribution in [3.8, 4) is 0 Å². The second-order valence-electron chi connectivity index (χ2n) is 5.35. The Kier molecular flexibility index (Phi) is 3.53. The number of fused-ring (bicyclic) bond motifs is 1. The van der Waals surface area contributed by atoms with Gasteiger partial charge in [0, 0.05) is 18.3 Å². The third kappa shape index (κ3) is 2.65. The number of ether oxygens (including phenoxy) is 1. The van der Waals surface area contributed by atoms with Gasteiger partial charge in [-0.15, -0.1) is 0 Å².